The molecule has 2 fully saturated rings. The Morgan fingerprint density at radius 1 is 1.00 bits per heavy atom. The lowest BCUT2D eigenvalue weighted by Gasteiger charge is -2.25. The molecule has 0 saturated heterocycles. The summed E-state index contributed by atoms with van der Waals surface area (Å²) in [4.78, 5) is 22.3. The smallest absolute Gasteiger partial charge is 0.235 e. The number of carbonyl (C=O) groups excluding carboxylic acids is 1. The highest BCUT2D eigenvalue weighted by atomic mass is 16.2. The minimum atomic E-state index is -0.259. The molecule has 0 aliphatic heterocycles. The first-order valence-electron chi connectivity index (χ1n) is 12.4. The summed E-state index contributed by atoms with van der Waals surface area (Å²) >= 11 is 0. The molecule has 6 heteroatoms. The van der Waals surface area contributed by atoms with Crippen molar-refractivity contribution < 1.29 is 4.79 Å². The Kier molecular flexibility index (Phi) is 5.05. The Bertz CT molecular complexity index is 1330. The molecule has 2 aromatic carbocycles. The van der Waals surface area contributed by atoms with Crippen molar-refractivity contribution in [3.8, 4) is 11.1 Å². The SMILES string of the molecule is Cc1n[nH]c(C)c1-c1ccc(NC(=O)C(c2nc3cccc(C)c3[nH]2)C(C2CC2)C2CC2)cc1. The Morgan fingerprint density at radius 2 is 1.71 bits per heavy atom. The highest BCUT2D eigenvalue weighted by molar-refractivity contribution is 5.96. The second kappa shape index (κ2) is 8.12. The van der Waals surface area contributed by atoms with Crippen LogP contribution in [0.5, 0.6) is 0 Å². The molecule has 2 aromatic heterocycles. The summed E-state index contributed by atoms with van der Waals surface area (Å²) in [6.07, 6.45) is 4.90. The molecule has 6 nitrogen and oxygen atoms in total. The fourth-order valence-corrected chi connectivity index (χ4v) is 5.63. The van der Waals surface area contributed by atoms with E-state index < -0.39 is 0 Å². The largest absolute Gasteiger partial charge is 0.341 e. The molecular weight excluding hydrogens is 422 g/mol. The maximum atomic E-state index is 13.8. The predicted octanol–water partition coefficient (Wildman–Crippen LogP) is 6.04. The first-order valence-corrected chi connectivity index (χ1v) is 12.4. The molecule has 1 atom stereocenters. The highest BCUT2D eigenvalue weighted by Gasteiger charge is 2.49. The number of amides is 1. The van der Waals surface area contributed by atoms with Crippen LogP contribution in [-0.2, 0) is 4.79 Å². The summed E-state index contributed by atoms with van der Waals surface area (Å²) in [5.41, 5.74) is 8.19. The van der Waals surface area contributed by atoms with Gasteiger partial charge in [-0.15, -0.1) is 0 Å². The summed E-state index contributed by atoms with van der Waals surface area (Å²) < 4.78 is 0. The summed E-state index contributed by atoms with van der Waals surface area (Å²) in [5, 5.41) is 10.6. The zero-order valence-corrected chi connectivity index (χ0v) is 20.0. The maximum absolute atomic E-state index is 13.8. The van der Waals surface area contributed by atoms with E-state index in [-0.39, 0.29) is 11.8 Å². The normalized spacial score (nSPS) is 16.8. The van der Waals surface area contributed by atoms with E-state index in [1.807, 2.05) is 38.1 Å². The molecule has 2 heterocycles. The lowest BCUT2D eigenvalue weighted by Crippen LogP contribution is -2.31. The Balaban J connectivity index is 1.31. The zero-order chi connectivity index (χ0) is 23.4. The van der Waals surface area contributed by atoms with Gasteiger partial charge >= 0.3 is 0 Å². The van der Waals surface area contributed by atoms with Crippen LogP contribution < -0.4 is 5.32 Å². The van der Waals surface area contributed by atoms with Crippen LogP contribution in [0.25, 0.3) is 22.2 Å². The number of hydrogen-bond acceptors (Lipinski definition) is 3. The lowest BCUT2D eigenvalue weighted by atomic mass is 9.82. The van der Waals surface area contributed by atoms with Crippen LogP contribution in [0.15, 0.2) is 42.5 Å². The molecule has 3 N–H and O–H groups in total. The molecule has 1 unspecified atom stereocenters. The van der Waals surface area contributed by atoms with E-state index in [4.69, 9.17) is 4.98 Å². The molecule has 2 aliphatic rings. The number of fused-ring (bicyclic) bond motifs is 1. The average Bonchev–Trinajstić information content (AvgIpc) is 3.75. The van der Waals surface area contributed by atoms with Gasteiger partial charge in [0.1, 0.15) is 5.82 Å². The molecule has 1 amide bonds. The number of carbonyl (C=O) groups is 1. The number of anilines is 1. The van der Waals surface area contributed by atoms with E-state index in [9.17, 15) is 4.79 Å². The van der Waals surface area contributed by atoms with Gasteiger partial charge in [0, 0.05) is 16.9 Å². The fraction of sp³-hybridized carbons (Fsp3) is 0.393. The fourth-order valence-electron chi connectivity index (χ4n) is 5.63. The average molecular weight is 454 g/mol. The topological polar surface area (TPSA) is 86.5 Å². The summed E-state index contributed by atoms with van der Waals surface area (Å²) in [5.74, 6) is 2.22. The number of nitrogens with one attached hydrogen (secondary N) is 3. The molecule has 0 spiro atoms. The summed E-state index contributed by atoms with van der Waals surface area (Å²) in [6, 6.07) is 14.2. The van der Waals surface area contributed by atoms with Crippen LogP contribution in [0.4, 0.5) is 5.69 Å². The van der Waals surface area contributed by atoms with Crippen LogP contribution in [0.3, 0.4) is 0 Å². The van der Waals surface area contributed by atoms with E-state index in [1.165, 1.54) is 25.7 Å². The number of H-pyrrole nitrogens is 2. The van der Waals surface area contributed by atoms with Crippen molar-refractivity contribution in [1.82, 2.24) is 20.2 Å². The van der Waals surface area contributed by atoms with Crippen molar-refractivity contribution in [2.45, 2.75) is 52.4 Å². The monoisotopic (exact) mass is 453 g/mol. The van der Waals surface area contributed by atoms with Crippen molar-refractivity contribution in [3.63, 3.8) is 0 Å². The number of aromatic amines is 2. The van der Waals surface area contributed by atoms with Crippen molar-refractivity contribution in [2.24, 2.45) is 17.8 Å². The van der Waals surface area contributed by atoms with E-state index in [0.29, 0.717) is 17.8 Å². The van der Waals surface area contributed by atoms with Crippen molar-refractivity contribution in [2.75, 3.05) is 5.32 Å². The number of hydrogen-bond donors (Lipinski definition) is 3. The molecular formula is C28H31N5O. The minimum absolute atomic E-state index is 0.0453. The third-order valence-electron chi connectivity index (χ3n) is 7.61. The van der Waals surface area contributed by atoms with Crippen molar-refractivity contribution in [1.29, 1.82) is 0 Å². The third-order valence-corrected chi connectivity index (χ3v) is 7.61. The number of nitrogens with zero attached hydrogens (tertiary/aromatic N) is 2. The Labute approximate surface area is 199 Å². The maximum Gasteiger partial charge on any atom is 0.235 e. The van der Waals surface area contributed by atoms with E-state index >= 15 is 0 Å². The van der Waals surface area contributed by atoms with Crippen molar-refractivity contribution >= 4 is 22.6 Å². The number of imidazole rings is 1. The first-order chi connectivity index (χ1) is 16.5. The molecule has 0 radical (unpaired) electrons. The number of para-hydroxylation sites is 1. The second-order valence-corrected chi connectivity index (χ2v) is 10.2. The van der Waals surface area contributed by atoms with Gasteiger partial charge in [-0.1, -0.05) is 24.3 Å². The number of benzene rings is 2. The lowest BCUT2D eigenvalue weighted by molar-refractivity contribution is -0.119. The van der Waals surface area contributed by atoms with Gasteiger partial charge in [0.05, 0.1) is 22.6 Å². The Hall–Kier alpha value is -3.41. The summed E-state index contributed by atoms with van der Waals surface area (Å²) in [6.45, 7) is 6.12. The van der Waals surface area contributed by atoms with Crippen LogP contribution >= 0.6 is 0 Å². The van der Waals surface area contributed by atoms with Gasteiger partial charge in [0.25, 0.3) is 0 Å². The van der Waals surface area contributed by atoms with Crippen LogP contribution in [0.1, 0.15) is 54.4 Å². The molecule has 6 rings (SSSR count). The minimum Gasteiger partial charge on any atom is -0.341 e. The van der Waals surface area contributed by atoms with Crippen molar-refractivity contribution in [3.05, 3.63) is 65.2 Å². The first kappa shape index (κ1) is 21.1. The quantitative estimate of drug-likeness (QED) is 0.319. The van der Waals surface area contributed by atoms with Gasteiger partial charge in [-0.2, -0.15) is 5.10 Å². The zero-order valence-electron chi connectivity index (χ0n) is 20.0. The van der Waals surface area contributed by atoms with Gasteiger partial charge in [-0.3, -0.25) is 9.89 Å². The number of aryl methyl sites for hydroxylation is 3. The summed E-state index contributed by atoms with van der Waals surface area (Å²) in [7, 11) is 0. The molecule has 2 aliphatic carbocycles. The number of aromatic nitrogens is 4. The third kappa shape index (κ3) is 3.81. The van der Waals surface area contributed by atoms with Crippen LogP contribution in [0, 0.1) is 38.5 Å². The molecule has 34 heavy (non-hydrogen) atoms. The van der Waals surface area contributed by atoms with Crippen LogP contribution in [0.2, 0.25) is 0 Å². The van der Waals surface area contributed by atoms with E-state index in [2.05, 4.69) is 45.6 Å². The molecule has 2 saturated carbocycles. The van der Waals surface area contributed by atoms with Gasteiger partial charge in [0.2, 0.25) is 5.91 Å². The predicted molar refractivity (Wildman–Crippen MR) is 135 cm³/mol. The molecule has 174 valence electrons. The van der Waals surface area contributed by atoms with Crippen LogP contribution in [-0.4, -0.2) is 26.1 Å². The highest BCUT2D eigenvalue weighted by Crippen LogP contribution is 2.54. The van der Waals surface area contributed by atoms with Gasteiger partial charge in [-0.05, 0) is 93.5 Å². The van der Waals surface area contributed by atoms with Gasteiger partial charge in [-0.25, -0.2) is 4.98 Å². The Morgan fingerprint density at radius 3 is 2.29 bits per heavy atom. The van der Waals surface area contributed by atoms with E-state index in [0.717, 1.165) is 50.6 Å². The van der Waals surface area contributed by atoms with Gasteiger partial charge in [0.15, 0.2) is 0 Å². The van der Waals surface area contributed by atoms with E-state index in [1.54, 1.807) is 0 Å². The van der Waals surface area contributed by atoms with Gasteiger partial charge < -0.3 is 10.3 Å². The standard InChI is InChI=1S/C28H31N5O/c1-15-5-4-6-22-26(15)31-27(30-22)25(24(19-7-8-19)20-9-10-20)28(34)29-21-13-11-18(12-14-21)23-16(2)32-33-17(23)3/h4-6,11-14,19-20,24-25H,7-10H2,1-3H3,(H,29,34)(H,30,31)(H,32,33). The second-order valence-electron chi connectivity index (χ2n) is 10.2. The molecule has 4 aromatic rings. The number of rotatable bonds is 7. The molecule has 0 bridgehead atoms.